The quantitative estimate of drug-likeness (QED) is 0.739. The number of aromatic hydroxyl groups is 1. The fourth-order valence-corrected chi connectivity index (χ4v) is 2.17. The van der Waals surface area contributed by atoms with Crippen LogP contribution < -0.4 is 5.73 Å². The van der Waals surface area contributed by atoms with E-state index < -0.39 is 0 Å². The van der Waals surface area contributed by atoms with Crippen LogP contribution in [0.2, 0.25) is 0 Å². The molecule has 3 nitrogen and oxygen atoms in total. The van der Waals surface area contributed by atoms with Gasteiger partial charge < -0.3 is 15.3 Å². The molecule has 0 atom stereocenters. The molecular weight excluding hydrogens is 245 g/mol. The van der Waals surface area contributed by atoms with Gasteiger partial charge in [0.15, 0.2) is 0 Å². The molecule has 0 fully saturated rings. The van der Waals surface area contributed by atoms with Crippen molar-refractivity contribution in [3.8, 4) is 16.9 Å². The van der Waals surface area contributed by atoms with Crippen LogP contribution in [-0.4, -0.2) is 5.11 Å². The minimum atomic E-state index is -0.361. The van der Waals surface area contributed by atoms with Crippen molar-refractivity contribution in [3.63, 3.8) is 0 Å². The Morgan fingerprint density at radius 3 is 2.63 bits per heavy atom. The fraction of sp³-hybridized carbons (Fsp3) is 0.0667. The molecule has 3 rings (SSSR count). The summed E-state index contributed by atoms with van der Waals surface area (Å²) in [5.41, 5.74) is 6.98. The van der Waals surface area contributed by atoms with Crippen LogP contribution in [0.15, 0.2) is 46.9 Å². The van der Waals surface area contributed by atoms with Gasteiger partial charge in [-0.25, -0.2) is 4.39 Å². The summed E-state index contributed by atoms with van der Waals surface area (Å²) in [5, 5.41) is 10.5. The monoisotopic (exact) mass is 257 g/mol. The Hall–Kier alpha value is -2.33. The van der Waals surface area contributed by atoms with Crippen molar-refractivity contribution in [2.45, 2.75) is 6.54 Å². The number of phenols is 1. The molecule has 0 radical (unpaired) electrons. The number of hydrogen-bond donors (Lipinski definition) is 2. The van der Waals surface area contributed by atoms with Crippen molar-refractivity contribution in [2.75, 3.05) is 0 Å². The van der Waals surface area contributed by atoms with Gasteiger partial charge in [0.1, 0.15) is 22.9 Å². The van der Waals surface area contributed by atoms with Gasteiger partial charge in [-0.1, -0.05) is 18.2 Å². The molecule has 0 saturated heterocycles. The van der Waals surface area contributed by atoms with Crippen LogP contribution in [0.5, 0.6) is 5.75 Å². The Morgan fingerprint density at radius 2 is 1.89 bits per heavy atom. The molecular formula is C15H12FNO2. The SMILES string of the molecule is NCc1cc2cc(O)cc(-c3ccccc3F)c2o1. The highest BCUT2D eigenvalue weighted by atomic mass is 19.1. The number of benzene rings is 2. The summed E-state index contributed by atoms with van der Waals surface area (Å²) in [7, 11) is 0. The van der Waals surface area contributed by atoms with Gasteiger partial charge in [0.05, 0.1) is 6.54 Å². The lowest BCUT2D eigenvalue weighted by Gasteiger charge is -2.05. The Labute approximate surface area is 109 Å². The number of hydrogen-bond acceptors (Lipinski definition) is 3. The zero-order chi connectivity index (χ0) is 13.4. The molecule has 0 amide bonds. The van der Waals surface area contributed by atoms with Gasteiger partial charge in [0, 0.05) is 16.5 Å². The molecule has 3 N–H and O–H groups in total. The van der Waals surface area contributed by atoms with Gasteiger partial charge in [0.2, 0.25) is 0 Å². The first-order valence-corrected chi connectivity index (χ1v) is 5.89. The van der Waals surface area contributed by atoms with Crippen molar-refractivity contribution < 1.29 is 13.9 Å². The summed E-state index contributed by atoms with van der Waals surface area (Å²) in [4.78, 5) is 0. The van der Waals surface area contributed by atoms with E-state index in [9.17, 15) is 9.50 Å². The molecule has 4 heteroatoms. The molecule has 0 aliphatic rings. The highest BCUT2D eigenvalue weighted by Crippen LogP contribution is 2.35. The number of phenolic OH excluding ortho intramolecular Hbond substituents is 1. The van der Waals surface area contributed by atoms with E-state index in [2.05, 4.69) is 0 Å². The molecule has 0 unspecified atom stereocenters. The highest BCUT2D eigenvalue weighted by Gasteiger charge is 2.14. The second-order valence-electron chi connectivity index (χ2n) is 4.31. The largest absolute Gasteiger partial charge is 0.508 e. The molecule has 0 bridgehead atoms. The van der Waals surface area contributed by atoms with Gasteiger partial charge in [-0.15, -0.1) is 0 Å². The van der Waals surface area contributed by atoms with E-state index in [1.165, 1.54) is 12.1 Å². The van der Waals surface area contributed by atoms with Crippen LogP contribution in [0.1, 0.15) is 5.76 Å². The fourth-order valence-electron chi connectivity index (χ4n) is 2.17. The van der Waals surface area contributed by atoms with Crippen molar-refractivity contribution >= 4 is 11.0 Å². The van der Waals surface area contributed by atoms with Crippen LogP contribution in [0.3, 0.4) is 0 Å². The number of nitrogens with two attached hydrogens (primary N) is 1. The Kier molecular flexibility index (Phi) is 2.72. The van der Waals surface area contributed by atoms with E-state index in [1.54, 1.807) is 30.3 Å². The first kappa shape index (κ1) is 11.7. The van der Waals surface area contributed by atoms with Crippen LogP contribution in [0.4, 0.5) is 4.39 Å². The third kappa shape index (κ3) is 1.96. The minimum absolute atomic E-state index is 0.0649. The second kappa shape index (κ2) is 4.40. The zero-order valence-corrected chi connectivity index (χ0v) is 10.1. The minimum Gasteiger partial charge on any atom is -0.508 e. The average molecular weight is 257 g/mol. The zero-order valence-electron chi connectivity index (χ0n) is 10.1. The number of rotatable bonds is 2. The summed E-state index contributed by atoms with van der Waals surface area (Å²) < 4.78 is 19.5. The van der Waals surface area contributed by atoms with Crippen LogP contribution in [0.25, 0.3) is 22.1 Å². The maximum atomic E-state index is 13.9. The Bertz CT molecular complexity index is 749. The third-order valence-electron chi connectivity index (χ3n) is 3.02. The molecule has 1 heterocycles. The van der Waals surface area contributed by atoms with Gasteiger partial charge in [-0.05, 0) is 24.3 Å². The number of furan rings is 1. The molecule has 0 spiro atoms. The van der Waals surface area contributed by atoms with Crippen LogP contribution >= 0.6 is 0 Å². The lowest BCUT2D eigenvalue weighted by atomic mass is 10.0. The first-order chi connectivity index (χ1) is 9.19. The van der Waals surface area contributed by atoms with E-state index in [0.717, 1.165) is 0 Å². The topological polar surface area (TPSA) is 59.4 Å². The van der Waals surface area contributed by atoms with Crippen molar-refractivity contribution in [1.82, 2.24) is 0 Å². The predicted octanol–water partition coefficient (Wildman–Crippen LogP) is 3.40. The number of halogens is 1. The maximum absolute atomic E-state index is 13.9. The summed E-state index contributed by atoms with van der Waals surface area (Å²) in [6.07, 6.45) is 0. The van der Waals surface area contributed by atoms with Gasteiger partial charge in [-0.3, -0.25) is 0 Å². The highest BCUT2D eigenvalue weighted by molar-refractivity contribution is 5.94. The van der Waals surface area contributed by atoms with Gasteiger partial charge >= 0.3 is 0 Å². The van der Waals surface area contributed by atoms with E-state index in [-0.39, 0.29) is 18.1 Å². The third-order valence-corrected chi connectivity index (χ3v) is 3.02. The van der Waals surface area contributed by atoms with E-state index in [4.69, 9.17) is 10.2 Å². The summed E-state index contributed by atoms with van der Waals surface area (Å²) in [6.45, 7) is 0.256. The predicted molar refractivity (Wildman–Crippen MR) is 71.2 cm³/mol. The van der Waals surface area contributed by atoms with Crippen LogP contribution in [-0.2, 0) is 6.54 Å². The molecule has 0 aliphatic carbocycles. The van der Waals surface area contributed by atoms with E-state index in [1.807, 2.05) is 0 Å². The summed E-state index contributed by atoms with van der Waals surface area (Å²) >= 11 is 0. The normalized spacial score (nSPS) is 11.1. The summed E-state index contributed by atoms with van der Waals surface area (Å²) in [5.74, 6) is 0.299. The van der Waals surface area contributed by atoms with E-state index >= 15 is 0 Å². The van der Waals surface area contributed by atoms with E-state index in [0.29, 0.717) is 27.9 Å². The molecule has 0 aliphatic heterocycles. The molecule has 3 aromatic rings. The van der Waals surface area contributed by atoms with Gasteiger partial charge in [0.25, 0.3) is 0 Å². The Balaban J connectivity index is 2.34. The van der Waals surface area contributed by atoms with Crippen molar-refractivity contribution in [2.24, 2.45) is 5.73 Å². The lowest BCUT2D eigenvalue weighted by Crippen LogP contribution is -1.92. The van der Waals surface area contributed by atoms with Crippen molar-refractivity contribution in [1.29, 1.82) is 0 Å². The van der Waals surface area contributed by atoms with Gasteiger partial charge in [-0.2, -0.15) is 0 Å². The smallest absolute Gasteiger partial charge is 0.142 e. The molecule has 1 aromatic heterocycles. The molecule has 96 valence electrons. The first-order valence-electron chi connectivity index (χ1n) is 5.89. The lowest BCUT2D eigenvalue weighted by molar-refractivity contribution is 0.476. The number of fused-ring (bicyclic) bond motifs is 1. The molecule has 19 heavy (non-hydrogen) atoms. The van der Waals surface area contributed by atoms with Crippen LogP contribution in [0, 0.1) is 5.82 Å². The van der Waals surface area contributed by atoms with Crippen molar-refractivity contribution in [3.05, 3.63) is 54.0 Å². The molecule has 2 aromatic carbocycles. The molecule has 0 saturated carbocycles. The second-order valence-corrected chi connectivity index (χ2v) is 4.31. The average Bonchev–Trinajstić information content (AvgIpc) is 2.81. The Morgan fingerprint density at radius 1 is 1.11 bits per heavy atom. The standard InChI is InChI=1S/C15H12FNO2/c16-14-4-2-1-3-12(14)13-7-10(18)5-9-6-11(8-17)19-15(9)13/h1-7,18H,8,17H2. The summed E-state index contributed by atoms with van der Waals surface area (Å²) in [6, 6.07) is 11.2. The maximum Gasteiger partial charge on any atom is 0.142 e.